The van der Waals surface area contributed by atoms with Crippen LogP contribution >= 0.6 is 0 Å². The van der Waals surface area contributed by atoms with E-state index in [4.69, 9.17) is 0 Å². The molecule has 364 valence electrons. The Bertz CT molecular complexity index is 2400. The molecule has 0 atom stereocenters. The normalized spacial score (nSPS) is 11.2. The summed E-state index contributed by atoms with van der Waals surface area (Å²) in [6.45, 7) is 45.1. The number of hydrogen-bond donors (Lipinski definition) is 0. The van der Waals surface area contributed by atoms with Gasteiger partial charge in [-0.1, -0.05) is 207 Å². The molecule has 0 saturated heterocycles. The molecule has 4 heteroatoms. The van der Waals surface area contributed by atoms with Gasteiger partial charge in [-0.05, 0) is 47.3 Å². The van der Waals surface area contributed by atoms with Gasteiger partial charge in [0.05, 0.1) is 0 Å². The van der Waals surface area contributed by atoms with Crippen molar-refractivity contribution < 1.29 is 77.2 Å². The van der Waals surface area contributed by atoms with Gasteiger partial charge in [0.25, 0.3) is 0 Å². The molecule has 8 aromatic rings. The van der Waals surface area contributed by atoms with Crippen molar-refractivity contribution in [3.05, 3.63) is 164 Å². The number of rotatable bonds is 8. The first-order valence-electron chi connectivity index (χ1n) is 24.8. The molecule has 0 aliphatic rings. The van der Waals surface area contributed by atoms with Crippen LogP contribution in [0.5, 0.6) is 0 Å². The van der Waals surface area contributed by atoms with Crippen LogP contribution in [0.2, 0.25) is 0 Å². The Morgan fingerprint density at radius 2 is 0.412 bits per heavy atom. The first kappa shape index (κ1) is 63.7. The van der Waals surface area contributed by atoms with Crippen LogP contribution in [-0.2, 0) is 52.4 Å². The fourth-order valence-electron chi connectivity index (χ4n) is 9.34. The zero-order valence-electron chi connectivity index (χ0n) is 45.6. The molecule has 8 aromatic carbocycles. The van der Waals surface area contributed by atoms with E-state index in [0.717, 1.165) is 0 Å². The van der Waals surface area contributed by atoms with E-state index in [0.29, 0.717) is 47.3 Å². The van der Waals surface area contributed by atoms with Crippen LogP contribution in [0.1, 0.15) is 225 Å². The summed E-state index contributed by atoms with van der Waals surface area (Å²) in [5.74, 6) is 4.83. The molecule has 0 fully saturated rings. The molecule has 0 N–H and O–H groups in total. The molecule has 0 saturated carbocycles. The van der Waals surface area contributed by atoms with Crippen molar-refractivity contribution in [2.45, 2.75) is 186 Å². The van der Waals surface area contributed by atoms with E-state index in [-0.39, 0.29) is 77.2 Å². The van der Waals surface area contributed by atoms with E-state index in [2.05, 4.69) is 236 Å². The number of fused-ring (bicyclic) bond motifs is 4. The largest absolute Gasteiger partial charge is 2.00 e. The smallest absolute Gasteiger partial charge is 1.00 e. The summed E-state index contributed by atoms with van der Waals surface area (Å²) in [7, 11) is 0. The van der Waals surface area contributed by atoms with Crippen molar-refractivity contribution >= 4 is 43.1 Å². The Kier molecular flexibility index (Phi) is 25.7. The van der Waals surface area contributed by atoms with Gasteiger partial charge >= 0.3 is 52.4 Å². The Morgan fingerprint density at radius 1 is 0.250 bits per heavy atom. The minimum absolute atomic E-state index is 0. The van der Waals surface area contributed by atoms with Gasteiger partial charge in [-0.15, -0.1) is 114 Å². The average molecular weight is 1110 g/mol. The molecule has 0 spiro atoms. The third-order valence-electron chi connectivity index (χ3n) is 13.2. The van der Waals surface area contributed by atoms with E-state index >= 15 is 0 Å². The monoisotopic (exact) mass is 1100 g/mol. The van der Waals surface area contributed by atoms with Crippen molar-refractivity contribution in [3.8, 4) is 0 Å². The standard InChI is InChI=1S/4C16H21.2ClH.2Zr/c4*1-10(2)13-8-14-6-12(5)7-16(14)15(9-13)11(3)4;;;;/h4*6-11H,1-5H3;2*1H;;/q4*-1;;;2*+2/p-2. The van der Waals surface area contributed by atoms with Crippen LogP contribution in [0.4, 0.5) is 0 Å². The Hall–Kier alpha value is -2.33. The predicted octanol–water partition coefficient (Wildman–Crippen LogP) is 14.5. The Morgan fingerprint density at radius 3 is 0.544 bits per heavy atom. The van der Waals surface area contributed by atoms with Gasteiger partial charge in [-0.25, -0.2) is 0 Å². The molecule has 0 nitrogen and oxygen atoms in total. The molecule has 68 heavy (non-hydrogen) atoms. The zero-order chi connectivity index (χ0) is 47.5. The second-order valence-corrected chi connectivity index (χ2v) is 21.8. The first-order valence-corrected chi connectivity index (χ1v) is 24.8. The SMILES string of the molecule is Cc1cc2c(C(C)C)cc(C(C)C)cc2[cH-]1.Cc1cc2c(C(C)C)cc(C(C)C)cc2[cH-]1.Cc1cc2c(C(C)C)cc(C(C)C)cc2[cH-]1.Cc1cc2c(C(C)C)cc(C(C)C)cc2[cH-]1.[Cl-].[Cl-].[Zr+2].[Zr+2]. The fourth-order valence-corrected chi connectivity index (χ4v) is 9.34. The summed E-state index contributed by atoms with van der Waals surface area (Å²) >= 11 is 0. The first-order chi connectivity index (χ1) is 29.9. The van der Waals surface area contributed by atoms with Crippen molar-refractivity contribution in [1.82, 2.24) is 0 Å². The molecule has 8 rings (SSSR count). The second-order valence-electron chi connectivity index (χ2n) is 21.8. The summed E-state index contributed by atoms with van der Waals surface area (Å²) in [5, 5.41) is 11.4. The Balaban J connectivity index is 0.000000445. The number of halogens is 2. The molecule has 0 radical (unpaired) electrons. The van der Waals surface area contributed by atoms with Gasteiger partial charge in [0.1, 0.15) is 0 Å². The van der Waals surface area contributed by atoms with Gasteiger partial charge in [0.2, 0.25) is 0 Å². The van der Waals surface area contributed by atoms with Gasteiger partial charge in [0.15, 0.2) is 0 Å². The maximum absolute atomic E-state index is 2.39. The Labute approximate surface area is 465 Å². The topological polar surface area (TPSA) is 0 Å². The van der Waals surface area contributed by atoms with Crippen LogP contribution in [0.25, 0.3) is 43.1 Å². The second kappa shape index (κ2) is 27.5. The van der Waals surface area contributed by atoms with Crippen molar-refractivity contribution in [2.75, 3.05) is 0 Å². The minimum Gasteiger partial charge on any atom is -1.00 e. The van der Waals surface area contributed by atoms with Crippen molar-refractivity contribution in [3.63, 3.8) is 0 Å². The molecule has 0 aromatic heterocycles. The van der Waals surface area contributed by atoms with Crippen LogP contribution in [-0.4, -0.2) is 0 Å². The molecular weight excluding hydrogens is 1020 g/mol. The third-order valence-corrected chi connectivity index (χ3v) is 13.2. The average Bonchev–Trinajstić information content (AvgIpc) is 3.98. The molecule has 0 bridgehead atoms. The van der Waals surface area contributed by atoms with Crippen LogP contribution in [0.15, 0.2) is 97.1 Å². The third kappa shape index (κ3) is 15.8. The van der Waals surface area contributed by atoms with E-state index in [9.17, 15) is 0 Å². The summed E-state index contributed by atoms with van der Waals surface area (Å²) in [6, 6.07) is 37.4. The van der Waals surface area contributed by atoms with Gasteiger partial charge in [0, 0.05) is 0 Å². The van der Waals surface area contributed by atoms with Crippen molar-refractivity contribution in [2.24, 2.45) is 0 Å². The molecule has 0 aliphatic carbocycles. The number of benzene rings is 4. The van der Waals surface area contributed by atoms with Gasteiger partial charge in [-0.3, -0.25) is 0 Å². The van der Waals surface area contributed by atoms with Gasteiger partial charge in [-0.2, -0.15) is 24.3 Å². The van der Waals surface area contributed by atoms with Crippen molar-refractivity contribution in [1.29, 1.82) is 0 Å². The van der Waals surface area contributed by atoms with Crippen LogP contribution in [0.3, 0.4) is 0 Å². The van der Waals surface area contributed by atoms with Gasteiger partial charge < -0.3 is 24.8 Å². The fraction of sp³-hybridized carbons (Fsp3) is 0.438. The number of hydrogen-bond acceptors (Lipinski definition) is 0. The predicted molar refractivity (Wildman–Crippen MR) is 290 cm³/mol. The minimum atomic E-state index is 0. The van der Waals surface area contributed by atoms with E-state index < -0.39 is 0 Å². The quantitative estimate of drug-likeness (QED) is 0.133. The van der Waals surface area contributed by atoms with E-state index in [1.54, 1.807) is 0 Å². The molecule has 0 unspecified atom stereocenters. The maximum atomic E-state index is 2.39. The molecule has 0 amide bonds. The van der Waals surface area contributed by atoms with Crippen LogP contribution < -0.4 is 24.8 Å². The van der Waals surface area contributed by atoms with E-state index in [1.807, 2.05) is 0 Å². The molecular formula is C64H84Cl2Zr2-2. The number of aryl methyl sites for hydroxylation is 4. The maximum Gasteiger partial charge on any atom is 2.00 e. The summed E-state index contributed by atoms with van der Waals surface area (Å²) < 4.78 is 0. The zero-order valence-corrected chi connectivity index (χ0v) is 52.0. The summed E-state index contributed by atoms with van der Waals surface area (Å²) in [6.07, 6.45) is 0. The molecule has 0 aliphatic heterocycles. The van der Waals surface area contributed by atoms with E-state index in [1.165, 1.54) is 110 Å². The summed E-state index contributed by atoms with van der Waals surface area (Å²) in [5.41, 5.74) is 17.3. The van der Waals surface area contributed by atoms with Crippen LogP contribution in [0, 0.1) is 27.7 Å². The molecule has 0 heterocycles. The summed E-state index contributed by atoms with van der Waals surface area (Å²) in [4.78, 5) is 0.